The fraction of sp³-hybridized carbons (Fsp3) is 0. The molecule has 0 radical (unpaired) electrons. The Bertz CT molecular complexity index is 581. The van der Waals surface area contributed by atoms with Gasteiger partial charge in [0.05, 0.1) is 17.3 Å². The van der Waals surface area contributed by atoms with Crippen molar-refractivity contribution in [2.24, 2.45) is 0 Å². The van der Waals surface area contributed by atoms with Crippen LogP contribution in [0.2, 0.25) is 0 Å². The Morgan fingerprint density at radius 2 is 1.94 bits per heavy atom. The third-order valence-electron chi connectivity index (χ3n) is 2.11. The minimum Gasteiger partial charge on any atom is -0.464 e. The van der Waals surface area contributed by atoms with Gasteiger partial charge < -0.3 is 4.42 Å². The Morgan fingerprint density at radius 1 is 1.24 bits per heavy atom. The standard InChI is InChI=1S/C10H4F3NO3/c11-5-4-6(14(15)16)8(10(13)9(5)12)7-2-1-3-17-7/h1-4H. The summed E-state index contributed by atoms with van der Waals surface area (Å²) < 4.78 is 44.1. The van der Waals surface area contributed by atoms with Crippen molar-refractivity contribution in [2.45, 2.75) is 0 Å². The van der Waals surface area contributed by atoms with Crippen LogP contribution < -0.4 is 0 Å². The normalized spacial score (nSPS) is 10.5. The molecule has 0 aliphatic heterocycles. The zero-order valence-electron chi connectivity index (χ0n) is 8.12. The summed E-state index contributed by atoms with van der Waals surface area (Å²) in [5.74, 6) is -5.29. The molecule has 0 N–H and O–H groups in total. The number of hydrogen-bond acceptors (Lipinski definition) is 3. The highest BCUT2D eigenvalue weighted by molar-refractivity contribution is 5.70. The molecule has 1 aromatic carbocycles. The van der Waals surface area contributed by atoms with E-state index < -0.39 is 33.6 Å². The number of nitro groups is 1. The molecule has 0 aliphatic carbocycles. The zero-order valence-corrected chi connectivity index (χ0v) is 8.12. The molecule has 4 nitrogen and oxygen atoms in total. The first-order valence-corrected chi connectivity index (χ1v) is 4.38. The molecule has 0 unspecified atom stereocenters. The van der Waals surface area contributed by atoms with E-state index in [2.05, 4.69) is 0 Å². The lowest BCUT2D eigenvalue weighted by Gasteiger charge is -2.03. The van der Waals surface area contributed by atoms with Crippen molar-refractivity contribution in [1.29, 1.82) is 0 Å². The molecule has 0 amide bonds. The maximum atomic E-state index is 13.5. The second kappa shape index (κ2) is 3.93. The summed E-state index contributed by atoms with van der Waals surface area (Å²) in [5.41, 5.74) is -1.60. The first-order valence-electron chi connectivity index (χ1n) is 4.38. The monoisotopic (exact) mass is 243 g/mol. The van der Waals surface area contributed by atoms with Gasteiger partial charge in [-0.25, -0.2) is 13.2 Å². The van der Waals surface area contributed by atoms with E-state index >= 15 is 0 Å². The lowest BCUT2D eigenvalue weighted by molar-refractivity contribution is -0.384. The largest absolute Gasteiger partial charge is 0.464 e. The predicted molar refractivity (Wildman–Crippen MR) is 50.7 cm³/mol. The average molecular weight is 243 g/mol. The molecule has 0 spiro atoms. The van der Waals surface area contributed by atoms with Gasteiger partial charge in [-0.2, -0.15) is 0 Å². The van der Waals surface area contributed by atoms with Crippen LogP contribution in [0.5, 0.6) is 0 Å². The van der Waals surface area contributed by atoms with E-state index in [-0.39, 0.29) is 5.76 Å². The van der Waals surface area contributed by atoms with E-state index in [1.165, 1.54) is 12.1 Å². The SMILES string of the molecule is O=[N+]([O-])c1cc(F)c(F)c(F)c1-c1ccco1. The van der Waals surface area contributed by atoms with Crippen LogP contribution in [0.1, 0.15) is 0 Å². The Balaban J connectivity index is 2.80. The van der Waals surface area contributed by atoms with Gasteiger partial charge in [-0.3, -0.25) is 10.1 Å². The summed E-state index contributed by atoms with van der Waals surface area (Å²) in [6.07, 6.45) is 1.14. The third-order valence-corrected chi connectivity index (χ3v) is 2.11. The van der Waals surface area contributed by atoms with Crippen LogP contribution >= 0.6 is 0 Å². The summed E-state index contributed by atoms with van der Waals surface area (Å²) in [6, 6.07) is 2.87. The molecular formula is C10H4F3NO3. The van der Waals surface area contributed by atoms with Gasteiger partial charge in [0.2, 0.25) is 0 Å². The van der Waals surface area contributed by atoms with Crippen molar-refractivity contribution in [1.82, 2.24) is 0 Å². The average Bonchev–Trinajstić information content (AvgIpc) is 2.78. The summed E-state index contributed by atoms with van der Waals surface area (Å²) in [4.78, 5) is 9.63. The van der Waals surface area contributed by atoms with Crippen LogP contribution in [0.4, 0.5) is 18.9 Å². The molecule has 0 bridgehead atoms. The minimum atomic E-state index is -1.78. The molecule has 0 aliphatic rings. The summed E-state index contributed by atoms with van der Waals surface area (Å²) in [5, 5.41) is 10.6. The molecule has 0 atom stereocenters. The van der Waals surface area contributed by atoms with Crippen molar-refractivity contribution in [2.75, 3.05) is 0 Å². The maximum absolute atomic E-state index is 13.5. The van der Waals surface area contributed by atoms with E-state index in [9.17, 15) is 23.3 Å². The van der Waals surface area contributed by atoms with E-state index in [0.29, 0.717) is 6.07 Å². The second-order valence-electron chi connectivity index (χ2n) is 3.11. The van der Waals surface area contributed by atoms with Crippen molar-refractivity contribution < 1.29 is 22.5 Å². The van der Waals surface area contributed by atoms with E-state index in [1.807, 2.05) is 0 Å². The summed E-state index contributed by atoms with van der Waals surface area (Å²) in [7, 11) is 0. The lowest BCUT2D eigenvalue weighted by Crippen LogP contribution is -2.00. The first-order chi connectivity index (χ1) is 8.02. The van der Waals surface area contributed by atoms with Crippen LogP contribution in [-0.4, -0.2) is 4.92 Å². The van der Waals surface area contributed by atoms with Crippen molar-refractivity contribution in [3.63, 3.8) is 0 Å². The molecule has 7 heteroatoms. The van der Waals surface area contributed by atoms with Gasteiger partial charge in [0.25, 0.3) is 5.69 Å². The number of furan rings is 1. The molecular weight excluding hydrogens is 239 g/mol. The molecule has 17 heavy (non-hydrogen) atoms. The number of nitro benzene ring substituents is 1. The number of benzene rings is 1. The van der Waals surface area contributed by atoms with Crippen LogP contribution in [-0.2, 0) is 0 Å². The van der Waals surface area contributed by atoms with Crippen molar-refractivity contribution in [3.8, 4) is 11.3 Å². The van der Waals surface area contributed by atoms with Gasteiger partial charge >= 0.3 is 0 Å². The van der Waals surface area contributed by atoms with Crippen molar-refractivity contribution >= 4 is 5.69 Å². The third kappa shape index (κ3) is 1.75. The molecule has 0 saturated heterocycles. The number of halogens is 3. The molecule has 1 heterocycles. The van der Waals surface area contributed by atoms with Gasteiger partial charge in [0.15, 0.2) is 17.5 Å². The zero-order chi connectivity index (χ0) is 12.6. The molecule has 88 valence electrons. The van der Waals surface area contributed by atoms with Gasteiger partial charge in [0, 0.05) is 0 Å². The Morgan fingerprint density at radius 3 is 2.47 bits per heavy atom. The number of nitrogens with zero attached hydrogens (tertiary/aromatic N) is 1. The van der Waals surface area contributed by atoms with Crippen molar-refractivity contribution in [3.05, 3.63) is 52.0 Å². The summed E-state index contributed by atoms with van der Waals surface area (Å²) >= 11 is 0. The second-order valence-corrected chi connectivity index (χ2v) is 3.11. The van der Waals surface area contributed by atoms with E-state index in [0.717, 1.165) is 6.26 Å². The Labute approximate surface area is 92.4 Å². The lowest BCUT2D eigenvalue weighted by atomic mass is 10.1. The number of rotatable bonds is 2. The highest BCUT2D eigenvalue weighted by Crippen LogP contribution is 2.35. The van der Waals surface area contributed by atoms with E-state index in [4.69, 9.17) is 4.42 Å². The molecule has 2 rings (SSSR count). The van der Waals surface area contributed by atoms with Gasteiger partial charge in [-0.1, -0.05) is 0 Å². The first kappa shape index (κ1) is 11.2. The molecule has 0 fully saturated rings. The predicted octanol–water partition coefficient (Wildman–Crippen LogP) is 3.27. The molecule has 1 aromatic heterocycles. The molecule has 0 saturated carbocycles. The van der Waals surface area contributed by atoms with Gasteiger partial charge in [0.1, 0.15) is 11.3 Å². The maximum Gasteiger partial charge on any atom is 0.286 e. The highest BCUT2D eigenvalue weighted by atomic mass is 19.2. The fourth-order valence-electron chi connectivity index (χ4n) is 1.38. The van der Waals surface area contributed by atoms with E-state index in [1.54, 1.807) is 0 Å². The Kier molecular flexibility index (Phi) is 2.58. The number of hydrogen-bond donors (Lipinski definition) is 0. The van der Waals surface area contributed by atoms with Crippen LogP contribution in [0.15, 0.2) is 28.9 Å². The quantitative estimate of drug-likeness (QED) is 0.462. The summed E-state index contributed by atoms with van der Waals surface area (Å²) in [6.45, 7) is 0. The minimum absolute atomic E-state index is 0.242. The van der Waals surface area contributed by atoms with Crippen LogP contribution in [0, 0.1) is 27.6 Å². The smallest absolute Gasteiger partial charge is 0.286 e. The molecule has 2 aromatic rings. The van der Waals surface area contributed by atoms with Crippen LogP contribution in [0.3, 0.4) is 0 Å². The fourth-order valence-corrected chi connectivity index (χ4v) is 1.38. The van der Waals surface area contributed by atoms with Gasteiger partial charge in [-0.05, 0) is 12.1 Å². The Hall–Kier alpha value is -2.31. The topological polar surface area (TPSA) is 56.3 Å². The van der Waals surface area contributed by atoms with Gasteiger partial charge in [-0.15, -0.1) is 0 Å². The highest BCUT2D eigenvalue weighted by Gasteiger charge is 2.28. The van der Waals surface area contributed by atoms with Crippen LogP contribution in [0.25, 0.3) is 11.3 Å².